The summed E-state index contributed by atoms with van der Waals surface area (Å²) in [4.78, 5) is 3.93. The molecule has 1 nitrogen and oxygen atoms in total. The predicted octanol–water partition coefficient (Wildman–Crippen LogP) is 4.48. The van der Waals surface area contributed by atoms with Crippen LogP contribution in [0, 0.1) is 0 Å². The number of halogens is 4. The molecular weight excluding hydrogens is 259 g/mol. The Balaban J connectivity index is 2.44. The Morgan fingerprint density at radius 3 is 2.56 bits per heavy atom. The number of aromatic nitrogens is 1. The molecule has 0 radical (unpaired) electrons. The largest absolute Gasteiger partial charge is 0.416 e. The van der Waals surface area contributed by atoms with E-state index in [0.717, 1.165) is 23.5 Å². The zero-order chi connectivity index (χ0) is 11.8. The molecule has 1 aromatic carbocycles. The fourth-order valence-corrected chi connectivity index (χ4v) is 2.12. The highest BCUT2D eigenvalue weighted by molar-refractivity contribution is 7.18. The van der Waals surface area contributed by atoms with Gasteiger partial charge in [-0.15, -0.1) is 11.3 Å². The Morgan fingerprint density at radius 2 is 2.00 bits per heavy atom. The van der Waals surface area contributed by atoms with Gasteiger partial charge in [0.05, 0.1) is 11.8 Å². The van der Waals surface area contributed by atoms with Crippen LogP contribution in [0.3, 0.4) is 0 Å². The fraction of sp³-hybridized carbons (Fsp3) is 0.100. The van der Waals surface area contributed by atoms with Gasteiger partial charge in [-0.2, -0.15) is 13.2 Å². The van der Waals surface area contributed by atoms with Crippen molar-refractivity contribution in [1.82, 2.24) is 4.98 Å². The van der Waals surface area contributed by atoms with Gasteiger partial charge in [0.15, 0.2) is 0 Å². The van der Waals surface area contributed by atoms with E-state index in [0.29, 0.717) is 14.9 Å². The Hall–Kier alpha value is -1.07. The highest BCUT2D eigenvalue weighted by atomic mass is 35.5. The van der Waals surface area contributed by atoms with Gasteiger partial charge in [-0.25, -0.2) is 4.98 Å². The second-order valence-electron chi connectivity index (χ2n) is 3.05. The molecule has 16 heavy (non-hydrogen) atoms. The first-order valence-electron chi connectivity index (χ1n) is 4.26. The lowest BCUT2D eigenvalue weighted by Crippen LogP contribution is -2.04. The van der Waals surface area contributed by atoms with Gasteiger partial charge in [0.1, 0.15) is 9.34 Å². The van der Waals surface area contributed by atoms with Crippen LogP contribution < -0.4 is 0 Å². The standard InChI is InChI=1S/C10H5ClF3NS/c11-8-5-15-9(16-8)6-2-1-3-7(4-6)10(12,13)14/h1-5H. The SMILES string of the molecule is FC(F)(F)c1cccc(-c2ncc(Cl)s2)c1. The number of benzene rings is 1. The summed E-state index contributed by atoms with van der Waals surface area (Å²) in [5, 5.41) is 0.483. The van der Waals surface area contributed by atoms with Gasteiger partial charge in [0.2, 0.25) is 0 Å². The maximum atomic E-state index is 12.4. The first-order chi connectivity index (χ1) is 7.47. The molecule has 0 N–H and O–H groups in total. The normalized spacial score (nSPS) is 11.8. The Morgan fingerprint density at radius 1 is 1.25 bits per heavy atom. The molecular formula is C10H5ClF3NS. The lowest BCUT2D eigenvalue weighted by molar-refractivity contribution is -0.137. The summed E-state index contributed by atoms with van der Waals surface area (Å²) in [6.07, 6.45) is -2.92. The summed E-state index contributed by atoms with van der Waals surface area (Å²) in [5.74, 6) is 0. The Labute approximate surface area is 98.5 Å². The molecule has 0 aliphatic rings. The summed E-state index contributed by atoms with van der Waals surface area (Å²) >= 11 is 6.82. The van der Waals surface area contributed by atoms with Crippen molar-refractivity contribution in [2.75, 3.05) is 0 Å². The molecule has 0 amide bonds. The maximum Gasteiger partial charge on any atom is 0.416 e. The van der Waals surface area contributed by atoms with Gasteiger partial charge in [0.25, 0.3) is 0 Å². The molecule has 2 rings (SSSR count). The molecule has 0 spiro atoms. The van der Waals surface area contributed by atoms with Crippen molar-refractivity contribution in [3.8, 4) is 10.6 Å². The number of nitrogens with zero attached hydrogens (tertiary/aromatic N) is 1. The van der Waals surface area contributed by atoms with E-state index in [2.05, 4.69) is 4.98 Å². The van der Waals surface area contributed by atoms with Crippen molar-refractivity contribution >= 4 is 22.9 Å². The van der Waals surface area contributed by atoms with Gasteiger partial charge >= 0.3 is 6.18 Å². The van der Waals surface area contributed by atoms with Gasteiger partial charge in [-0.3, -0.25) is 0 Å². The van der Waals surface area contributed by atoms with E-state index in [1.807, 2.05) is 0 Å². The molecule has 84 valence electrons. The van der Waals surface area contributed by atoms with E-state index in [-0.39, 0.29) is 0 Å². The van der Waals surface area contributed by atoms with Crippen LogP contribution in [0.15, 0.2) is 30.5 Å². The van der Waals surface area contributed by atoms with Crippen molar-refractivity contribution in [2.24, 2.45) is 0 Å². The van der Waals surface area contributed by atoms with Crippen LogP contribution in [0.4, 0.5) is 13.2 Å². The van der Waals surface area contributed by atoms with E-state index < -0.39 is 11.7 Å². The molecule has 1 aromatic heterocycles. The third kappa shape index (κ3) is 2.36. The number of thiazole rings is 1. The van der Waals surface area contributed by atoms with Crippen molar-refractivity contribution in [2.45, 2.75) is 6.18 Å². The Kier molecular flexibility index (Phi) is 2.90. The minimum Gasteiger partial charge on any atom is -0.243 e. The second kappa shape index (κ2) is 4.07. The van der Waals surface area contributed by atoms with Crippen molar-refractivity contribution in [1.29, 1.82) is 0 Å². The van der Waals surface area contributed by atoms with E-state index >= 15 is 0 Å². The van der Waals surface area contributed by atoms with Gasteiger partial charge in [-0.1, -0.05) is 23.7 Å². The molecule has 0 bridgehead atoms. The number of alkyl halides is 3. The van der Waals surface area contributed by atoms with Crippen LogP contribution in [-0.2, 0) is 6.18 Å². The third-order valence-electron chi connectivity index (χ3n) is 1.91. The highest BCUT2D eigenvalue weighted by Crippen LogP contribution is 2.34. The smallest absolute Gasteiger partial charge is 0.243 e. The van der Waals surface area contributed by atoms with Gasteiger partial charge in [0, 0.05) is 5.56 Å². The van der Waals surface area contributed by atoms with Crippen LogP contribution in [0.2, 0.25) is 4.34 Å². The van der Waals surface area contributed by atoms with Crippen molar-refractivity contribution in [3.05, 3.63) is 40.4 Å². The van der Waals surface area contributed by atoms with E-state index in [9.17, 15) is 13.2 Å². The molecule has 0 fully saturated rings. The first kappa shape index (κ1) is 11.4. The van der Waals surface area contributed by atoms with Gasteiger partial charge in [-0.05, 0) is 12.1 Å². The Bertz CT molecular complexity index is 507. The summed E-state index contributed by atoms with van der Waals surface area (Å²) in [7, 11) is 0. The number of hydrogen-bond acceptors (Lipinski definition) is 2. The summed E-state index contributed by atoms with van der Waals surface area (Å²) in [6.45, 7) is 0. The van der Waals surface area contributed by atoms with Crippen LogP contribution >= 0.6 is 22.9 Å². The van der Waals surface area contributed by atoms with E-state index in [4.69, 9.17) is 11.6 Å². The van der Waals surface area contributed by atoms with Crippen molar-refractivity contribution < 1.29 is 13.2 Å². The summed E-state index contributed by atoms with van der Waals surface area (Å²) in [5.41, 5.74) is -0.261. The van der Waals surface area contributed by atoms with E-state index in [1.54, 1.807) is 6.07 Å². The minimum absolute atomic E-state index is 0.423. The zero-order valence-electron chi connectivity index (χ0n) is 7.75. The molecule has 0 saturated carbocycles. The molecule has 0 aliphatic carbocycles. The van der Waals surface area contributed by atoms with Crippen LogP contribution in [0.1, 0.15) is 5.56 Å². The zero-order valence-corrected chi connectivity index (χ0v) is 9.33. The molecule has 0 atom stereocenters. The lowest BCUT2D eigenvalue weighted by atomic mass is 10.1. The predicted molar refractivity (Wildman–Crippen MR) is 57.6 cm³/mol. The third-order valence-corrected chi connectivity index (χ3v) is 3.08. The van der Waals surface area contributed by atoms with Crippen molar-refractivity contribution in [3.63, 3.8) is 0 Å². The molecule has 2 aromatic rings. The van der Waals surface area contributed by atoms with Gasteiger partial charge < -0.3 is 0 Å². The van der Waals surface area contributed by atoms with Crippen LogP contribution in [0.25, 0.3) is 10.6 Å². The van der Waals surface area contributed by atoms with Crippen LogP contribution in [-0.4, -0.2) is 4.98 Å². The monoisotopic (exact) mass is 263 g/mol. The molecule has 0 unspecified atom stereocenters. The summed E-state index contributed by atoms with van der Waals surface area (Å²) in [6, 6.07) is 5.02. The summed E-state index contributed by atoms with van der Waals surface area (Å²) < 4.78 is 37.8. The average molecular weight is 264 g/mol. The fourth-order valence-electron chi connectivity index (χ4n) is 1.22. The lowest BCUT2D eigenvalue weighted by Gasteiger charge is -2.07. The highest BCUT2D eigenvalue weighted by Gasteiger charge is 2.30. The number of hydrogen-bond donors (Lipinski definition) is 0. The molecule has 0 saturated heterocycles. The maximum absolute atomic E-state index is 12.4. The molecule has 1 heterocycles. The topological polar surface area (TPSA) is 12.9 Å². The quantitative estimate of drug-likeness (QED) is 0.739. The van der Waals surface area contributed by atoms with Crippen LogP contribution in [0.5, 0.6) is 0 Å². The average Bonchev–Trinajstić information content (AvgIpc) is 2.64. The molecule has 6 heteroatoms. The van der Waals surface area contributed by atoms with E-state index in [1.165, 1.54) is 12.3 Å². The first-order valence-corrected chi connectivity index (χ1v) is 5.45. The number of rotatable bonds is 1. The minimum atomic E-state index is -4.34. The molecule has 0 aliphatic heterocycles. The second-order valence-corrected chi connectivity index (χ2v) is 4.71.